The van der Waals surface area contributed by atoms with Gasteiger partial charge in [-0.1, -0.05) is 29.8 Å². The maximum absolute atomic E-state index is 12.5. The van der Waals surface area contributed by atoms with Gasteiger partial charge in [0.2, 0.25) is 17.7 Å². The lowest BCUT2D eigenvalue weighted by molar-refractivity contribution is -0.128. The number of anilines is 2. The summed E-state index contributed by atoms with van der Waals surface area (Å²) in [4.78, 5) is 37.5. The van der Waals surface area contributed by atoms with Gasteiger partial charge < -0.3 is 15.5 Å². The van der Waals surface area contributed by atoms with E-state index >= 15 is 0 Å². The molecule has 0 bridgehead atoms. The summed E-state index contributed by atoms with van der Waals surface area (Å²) in [6.07, 6.45) is 0.181. The highest BCUT2D eigenvalue weighted by Crippen LogP contribution is 2.24. The molecular formula is C20H20ClN3O3. The van der Waals surface area contributed by atoms with E-state index in [-0.39, 0.29) is 24.1 Å². The van der Waals surface area contributed by atoms with Gasteiger partial charge in [-0.25, -0.2) is 0 Å². The van der Waals surface area contributed by atoms with Gasteiger partial charge in [-0.15, -0.1) is 0 Å². The third-order valence-electron chi connectivity index (χ3n) is 4.38. The van der Waals surface area contributed by atoms with Crippen molar-refractivity contribution >= 4 is 40.7 Å². The Morgan fingerprint density at radius 3 is 2.33 bits per heavy atom. The number of benzene rings is 2. The molecule has 0 aromatic heterocycles. The van der Waals surface area contributed by atoms with Crippen LogP contribution in [0.15, 0.2) is 48.5 Å². The van der Waals surface area contributed by atoms with Gasteiger partial charge in [0.05, 0.1) is 5.92 Å². The van der Waals surface area contributed by atoms with E-state index in [0.29, 0.717) is 29.5 Å². The Kier molecular flexibility index (Phi) is 5.76. The Balaban J connectivity index is 1.59. The molecule has 3 rings (SSSR count). The molecular weight excluding hydrogens is 366 g/mol. The molecule has 1 fully saturated rings. The van der Waals surface area contributed by atoms with Gasteiger partial charge in [-0.05, 0) is 35.9 Å². The maximum atomic E-state index is 12.5. The summed E-state index contributed by atoms with van der Waals surface area (Å²) in [6.45, 7) is 2.19. The van der Waals surface area contributed by atoms with Gasteiger partial charge in [-0.3, -0.25) is 14.4 Å². The van der Waals surface area contributed by atoms with Crippen LogP contribution in [0.1, 0.15) is 18.9 Å². The standard InChI is InChI=1S/C20H20ClN3O3/c1-13(25)22-16-6-8-17(9-7-16)23-20(27)15-10-19(26)24(12-15)11-14-4-2-3-5-18(14)21/h2-9,15H,10-12H2,1H3,(H,22,25)(H,23,27)/t15-/m1/s1. The summed E-state index contributed by atoms with van der Waals surface area (Å²) in [7, 11) is 0. The number of carbonyl (C=O) groups excluding carboxylic acids is 3. The first kappa shape index (κ1) is 18.9. The molecule has 1 atom stereocenters. The second-order valence-electron chi connectivity index (χ2n) is 6.51. The summed E-state index contributed by atoms with van der Waals surface area (Å²) in [5.41, 5.74) is 2.13. The van der Waals surface area contributed by atoms with Crippen molar-refractivity contribution in [2.75, 3.05) is 17.2 Å². The van der Waals surface area contributed by atoms with Crippen molar-refractivity contribution in [1.29, 1.82) is 0 Å². The number of amides is 3. The van der Waals surface area contributed by atoms with Crippen molar-refractivity contribution in [1.82, 2.24) is 4.90 Å². The minimum atomic E-state index is -0.407. The van der Waals surface area contributed by atoms with Crippen LogP contribution >= 0.6 is 11.6 Å². The fourth-order valence-electron chi connectivity index (χ4n) is 3.02. The molecule has 140 valence electrons. The number of likely N-dealkylation sites (tertiary alicyclic amines) is 1. The van der Waals surface area contributed by atoms with Crippen molar-refractivity contribution in [2.45, 2.75) is 19.9 Å². The minimum Gasteiger partial charge on any atom is -0.337 e. The smallest absolute Gasteiger partial charge is 0.229 e. The number of nitrogens with one attached hydrogen (secondary N) is 2. The summed E-state index contributed by atoms with van der Waals surface area (Å²) in [5, 5.41) is 6.10. The van der Waals surface area contributed by atoms with E-state index in [4.69, 9.17) is 11.6 Å². The van der Waals surface area contributed by atoms with Gasteiger partial charge in [-0.2, -0.15) is 0 Å². The number of nitrogens with zero attached hydrogens (tertiary/aromatic N) is 1. The van der Waals surface area contributed by atoms with E-state index in [2.05, 4.69) is 10.6 Å². The molecule has 0 aliphatic carbocycles. The van der Waals surface area contributed by atoms with Gasteiger partial charge in [0.25, 0.3) is 0 Å². The topological polar surface area (TPSA) is 78.5 Å². The molecule has 2 aromatic rings. The molecule has 0 spiro atoms. The Morgan fingerprint density at radius 1 is 1.07 bits per heavy atom. The highest BCUT2D eigenvalue weighted by Gasteiger charge is 2.34. The molecule has 7 heteroatoms. The van der Waals surface area contributed by atoms with Crippen molar-refractivity contribution < 1.29 is 14.4 Å². The largest absolute Gasteiger partial charge is 0.337 e. The first-order valence-electron chi connectivity index (χ1n) is 8.62. The molecule has 1 aliphatic heterocycles. The maximum Gasteiger partial charge on any atom is 0.229 e. The molecule has 0 saturated carbocycles. The van der Waals surface area contributed by atoms with Crippen LogP contribution in [0.5, 0.6) is 0 Å². The molecule has 2 aromatic carbocycles. The predicted octanol–water partition coefficient (Wildman–Crippen LogP) is 3.29. The third-order valence-corrected chi connectivity index (χ3v) is 4.75. The van der Waals surface area contributed by atoms with Crippen LogP contribution in [-0.4, -0.2) is 29.2 Å². The van der Waals surface area contributed by atoms with Crippen molar-refractivity contribution in [3.8, 4) is 0 Å². The zero-order valence-electron chi connectivity index (χ0n) is 14.9. The molecule has 6 nitrogen and oxygen atoms in total. The second-order valence-corrected chi connectivity index (χ2v) is 6.92. The molecule has 1 aliphatic rings. The average Bonchev–Trinajstić information content (AvgIpc) is 2.99. The fraction of sp³-hybridized carbons (Fsp3) is 0.250. The summed E-state index contributed by atoms with van der Waals surface area (Å²) >= 11 is 6.16. The molecule has 3 amide bonds. The summed E-state index contributed by atoms with van der Waals surface area (Å²) < 4.78 is 0. The van der Waals surface area contributed by atoms with E-state index in [1.807, 2.05) is 18.2 Å². The Labute approximate surface area is 162 Å². The normalized spacial score (nSPS) is 16.3. The summed E-state index contributed by atoms with van der Waals surface area (Å²) in [6, 6.07) is 14.2. The highest BCUT2D eigenvalue weighted by molar-refractivity contribution is 6.31. The first-order chi connectivity index (χ1) is 12.9. The fourth-order valence-corrected chi connectivity index (χ4v) is 3.21. The van der Waals surface area contributed by atoms with Crippen molar-refractivity contribution in [3.05, 3.63) is 59.1 Å². The number of halogens is 1. The summed E-state index contributed by atoms with van der Waals surface area (Å²) in [5.74, 6) is -0.821. The highest BCUT2D eigenvalue weighted by atomic mass is 35.5. The Hall–Kier alpha value is -2.86. The van der Waals surface area contributed by atoms with E-state index in [1.54, 1.807) is 35.2 Å². The van der Waals surface area contributed by atoms with Crippen LogP contribution in [0.4, 0.5) is 11.4 Å². The van der Waals surface area contributed by atoms with Crippen LogP contribution in [-0.2, 0) is 20.9 Å². The Morgan fingerprint density at radius 2 is 1.70 bits per heavy atom. The zero-order valence-corrected chi connectivity index (χ0v) is 15.6. The predicted molar refractivity (Wildman–Crippen MR) is 104 cm³/mol. The van der Waals surface area contributed by atoms with E-state index in [1.165, 1.54) is 6.92 Å². The molecule has 1 saturated heterocycles. The van der Waals surface area contributed by atoms with Crippen LogP contribution in [0.2, 0.25) is 5.02 Å². The van der Waals surface area contributed by atoms with Gasteiger partial charge in [0, 0.05) is 42.8 Å². The average molecular weight is 386 g/mol. The monoisotopic (exact) mass is 385 g/mol. The quantitative estimate of drug-likeness (QED) is 0.829. The lowest BCUT2D eigenvalue weighted by Crippen LogP contribution is -2.28. The van der Waals surface area contributed by atoms with Crippen molar-refractivity contribution in [2.24, 2.45) is 5.92 Å². The zero-order chi connectivity index (χ0) is 19.4. The SMILES string of the molecule is CC(=O)Nc1ccc(NC(=O)[C@@H]2CC(=O)N(Cc3ccccc3Cl)C2)cc1. The van der Waals surface area contributed by atoms with Gasteiger partial charge in [0.15, 0.2) is 0 Å². The van der Waals surface area contributed by atoms with E-state index < -0.39 is 5.92 Å². The lowest BCUT2D eigenvalue weighted by atomic mass is 10.1. The first-order valence-corrected chi connectivity index (χ1v) is 9.00. The molecule has 1 heterocycles. The number of carbonyl (C=O) groups is 3. The number of rotatable bonds is 5. The molecule has 2 N–H and O–H groups in total. The molecule has 27 heavy (non-hydrogen) atoms. The minimum absolute atomic E-state index is 0.0592. The second kappa shape index (κ2) is 8.22. The Bertz CT molecular complexity index is 867. The van der Waals surface area contributed by atoms with Gasteiger partial charge in [0.1, 0.15) is 0 Å². The number of hydrogen-bond acceptors (Lipinski definition) is 3. The molecule has 0 unspecified atom stereocenters. The van der Waals surface area contributed by atoms with Crippen LogP contribution in [0.3, 0.4) is 0 Å². The van der Waals surface area contributed by atoms with E-state index in [9.17, 15) is 14.4 Å². The van der Waals surface area contributed by atoms with Crippen LogP contribution < -0.4 is 10.6 Å². The van der Waals surface area contributed by atoms with Crippen molar-refractivity contribution in [3.63, 3.8) is 0 Å². The number of hydrogen-bond donors (Lipinski definition) is 2. The van der Waals surface area contributed by atoms with Gasteiger partial charge >= 0.3 is 0 Å². The third kappa shape index (κ3) is 4.86. The molecule has 0 radical (unpaired) electrons. The van der Waals surface area contributed by atoms with Crippen LogP contribution in [0, 0.1) is 5.92 Å². The van der Waals surface area contributed by atoms with E-state index in [0.717, 1.165) is 5.56 Å². The van der Waals surface area contributed by atoms with Crippen LogP contribution in [0.25, 0.3) is 0 Å². The lowest BCUT2D eigenvalue weighted by Gasteiger charge is -2.17.